The fraction of sp³-hybridized carbons (Fsp3) is 0.500. The van der Waals surface area contributed by atoms with Gasteiger partial charge in [0.2, 0.25) is 0 Å². The minimum atomic E-state index is 0. The molecule has 0 atom stereocenters. The fourth-order valence-corrected chi connectivity index (χ4v) is 3.91. The first kappa shape index (κ1) is 22.1. The molecule has 0 amide bonds. The van der Waals surface area contributed by atoms with Gasteiger partial charge >= 0.3 is 0 Å². The third-order valence-electron chi connectivity index (χ3n) is 4.64. The van der Waals surface area contributed by atoms with Crippen LogP contribution in [0.4, 0.5) is 0 Å². The second kappa shape index (κ2) is 11.6. The van der Waals surface area contributed by atoms with E-state index in [-0.39, 0.29) is 24.0 Å². The van der Waals surface area contributed by atoms with E-state index in [1.54, 1.807) is 18.4 Å². The second-order valence-electron chi connectivity index (χ2n) is 6.80. The van der Waals surface area contributed by atoms with Gasteiger partial charge in [0.05, 0.1) is 6.54 Å². The first-order valence-corrected chi connectivity index (χ1v) is 10.2. The Labute approximate surface area is 183 Å². The van der Waals surface area contributed by atoms with Gasteiger partial charge in [-0.1, -0.05) is 30.7 Å². The van der Waals surface area contributed by atoms with Crippen LogP contribution in [0.15, 0.2) is 35.5 Å². The molecule has 2 heterocycles. The molecule has 1 aromatic carbocycles. The van der Waals surface area contributed by atoms with Gasteiger partial charge in [-0.3, -0.25) is 9.89 Å². The van der Waals surface area contributed by atoms with Crippen molar-refractivity contribution in [1.82, 2.24) is 20.5 Å². The molecule has 3 rings (SSSR count). The lowest BCUT2D eigenvalue weighted by Crippen LogP contribution is -2.36. The summed E-state index contributed by atoms with van der Waals surface area (Å²) in [6.07, 6.45) is 5.98. The number of benzene rings is 1. The van der Waals surface area contributed by atoms with Crippen molar-refractivity contribution in [1.29, 1.82) is 0 Å². The number of hydrogen-bond donors (Lipinski definition) is 2. The normalized spacial score (nSPS) is 15.3. The Morgan fingerprint density at radius 3 is 2.37 bits per heavy atom. The molecule has 0 radical (unpaired) electrons. The maximum atomic E-state index is 4.37. The van der Waals surface area contributed by atoms with Gasteiger partial charge in [-0.15, -0.1) is 35.3 Å². The summed E-state index contributed by atoms with van der Waals surface area (Å²) < 4.78 is 0. The molecule has 7 heteroatoms. The molecule has 148 valence electrons. The average Bonchev–Trinajstić information content (AvgIpc) is 3.09. The van der Waals surface area contributed by atoms with Crippen molar-refractivity contribution in [3.8, 4) is 0 Å². The molecular weight excluding hydrogens is 469 g/mol. The first-order chi connectivity index (χ1) is 12.7. The highest BCUT2D eigenvalue weighted by Gasteiger charge is 2.10. The van der Waals surface area contributed by atoms with Gasteiger partial charge in [-0.2, -0.15) is 0 Å². The highest BCUT2D eigenvalue weighted by Crippen LogP contribution is 2.14. The molecule has 27 heavy (non-hydrogen) atoms. The molecule has 1 fully saturated rings. The molecule has 1 aliphatic rings. The first-order valence-electron chi connectivity index (χ1n) is 9.39. The summed E-state index contributed by atoms with van der Waals surface area (Å²) in [5, 5.41) is 7.76. The van der Waals surface area contributed by atoms with Crippen molar-refractivity contribution in [3.05, 3.63) is 51.5 Å². The molecule has 1 aliphatic heterocycles. The van der Waals surface area contributed by atoms with Gasteiger partial charge < -0.3 is 10.6 Å². The van der Waals surface area contributed by atoms with Gasteiger partial charge in [0.25, 0.3) is 0 Å². The van der Waals surface area contributed by atoms with Gasteiger partial charge in [0, 0.05) is 31.2 Å². The number of aryl methyl sites for hydroxylation is 1. The molecule has 0 aliphatic carbocycles. The number of halogens is 1. The van der Waals surface area contributed by atoms with Crippen LogP contribution in [0.1, 0.15) is 40.3 Å². The fourth-order valence-electron chi connectivity index (χ4n) is 3.19. The quantitative estimate of drug-likeness (QED) is 0.360. The molecule has 0 spiro atoms. The van der Waals surface area contributed by atoms with Crippen LogP contribution in [-0.2, 0) is 19.6 Å². The SMILES string of the molecule is CN=C(NCc1ccc(CN2CCCCC2)cc1)NCc1ncc(C)s1.I. The predicted octanol–water partition coefficient (Wildman–Crippen LogP) is 3.92. The number of hydrogen-bond acceptors (Lipinski definition) is 4. The van der Waals surface area contributed by atoms with E-state index in [1.165, 1.54) is 48.4 Å². The van der Waals surface area contributed by atoms with E-state index in [0.29, 0.717) is 6.54 Å². The largest absolute Gasteiger partial charge is 0.352 e. The molecule has 0 saturated carbocycles. The third kappa shape index (κ3) is 7.38. The lowest BCUT2D eigenvalue weighted by molar-refractivity contribution is 0.221. The number of nitrogens with zero attached hydrogens (tertiary/aromatic N) is 3. The van der Waals surface area contributed by atoms with Crippen molar-refractivity contribution in [2.75, 3.05) is 20.1 Å². The van der Waals surface area contributed by atoms with E-state index in [9.17, 15) is 0 Å². The van der Waals surface area contributed by atoms with E-state index in [4.69, 9.17) is 0 Å². The average molecular weight is 499 g/mol. The smallest absolute Gasteiger partial charge is 0.191 e. The Bertz CT molecular complexity index is 707. The zero-order chi connectivity index (χ0) is 18.2. The topological polar surface area (TPSA) is 52.6 Å². The van der Waals surface area contributed by atoms with Crippen molar-refractivity contribution in [3.63, 3.8) is 0 Å². The van der Waals surface area contributed by atoms with E-state index >= 15 is 0 Å². The number of thiazole rings is 1. The van der Waals surface area contributed by atoms with Crippen LogP contribution in [0, 0.1) is 6.92 Å². The summed E-state index contributed by atoms with van der Waals surface area (Å²) in [5.74, 6) is 0.801. The number of likely N-dealkylation sites (tertiary alicyclic amines) is 1. The highest BCUT2D eigenvalue weighted by molar-refractivity contribution is 14.0. The van der Waals surface area contributed by atoms with Gasteiger partial charge in [0.1, 0.15) is 5.01 Å². The van der Waals surface area contributed by atoms with E-state index in [2.05, 4.69) is 56.7 Å². The minimum Gasteiger partial charge on any atom is -0.352 e. The molecule has 1 aromatic heterocycles. The maximum Gasteiger partial charge on any atom is 0.191 e. The molecule has 0 unspecified atom stereocenters. The van der Waals surface area contributed by atoms with Crippen molar-refractivity contribution in [2.24, 2.45) is 4.99 Å². The monoisotopic (exact) mass is 499 g/mol. The van der Waals surface area contributed by atoms with Crippen molar-refractivity contribution in [2.45, 2.75) is 45.8 Å². The molecular formula is C20H30IN5S. The summed E-state index contributed by atoms with van der Waals surface area (Å²) in [6.45, 7) is 7.09. The molecule has 5 nitrogen and oxygen atoms in total. The van der Waals surface area contributed by atoms with Crippen LogP contribution < -0.4 is 10.6 Å². The zero-order valence-electron chi connectivity index (χ0n) is 16.2. The van der Waals surface area contributed by atoms with Crippen LogP contribution in [-0.4, -0.2) is 36.0 Å². The van der Waals surface area contributed by atoms with E-state index in [0.717, 1.165) is 24.1 Å². The number of rotatable bonds is 6. The van der Waals surface area contributed by atoms with Crippen LogP contribution in [0.3, 0.4) is 0 Å². The van der Waals surface area contributed by atoms with Crippen LogP contribution in [0.25, 0.3) is 0 Å². The summed E-state index contributed by atoms with van der Waals surface area (Å²) in [7, 11) is 1.80. The number of piperidine rings is 1. The zero-order valence-corrected chi connectivity index (χ0v) is 19.3. The summed E-state index contributed by atoms with van der Waals surface area (Å²) in [4.78, 5) is 12.4. The highest BCUT2D eigenvalue weighted by atomic mass is 127. The summed E-state index contributed by atoms with van der Waals surface area (Å²) in [6, 6.07) is 8.92. The Hall–Kier alpha value is -1.19. The Kier molecular flexibility index (Phi) is 9.50. The lowest BCUT2D eigenvalue weighted by Gasteiger charge is -2.26. The Morgan fingerprint density at radius 1 is 1.07 bits per heavy atom. The van der Waals surface area contributed by atoms with Crippen LogP contribution in [0.5, 0.6) is 0 Å². The van der Waals surface area contributed by atoms with Crippen LogP contribution in [0.2, 0.25) is 0 Å². The lowest BCUT2D eigenvalue weighted by atomic mass is 10.1. The number of aliphatic imine (C=N–C) groups is 1. The van der Waals surface area contributed by atoms with Gasteiger partial charge in [0.15, 0.2) is 5.96 Å². The Balaban J connectivity index is 0.00000261. The summed E-state index contributed by atoms with van der Waals surface area (Å²) in [5.41, 5.74) is 2.66. The number of aromatic nitrogens is 1. The number of nitrogens with one attached hydrogen (secondary N) is 2. The molecule has 2 N–H and O–H groups in total. The molecule has 1 saturated heterocycles. The minimum absolute atomic E-state index is 0. The number of guanidine groups is 1. The van der Waals surface area contributed by atoms with Gasteiger partial charge in [-0.25, -0.2) is 4.98 Å². The third-order valence-corrected chi connectivity index (χ3v) is 5.55. The Morgan fingerprint density at radius 2 is 1.74 bits per heavy atom. The molecule has 0 bridgehead atoms. The maximum absolute atomic E-state index is 4.37. The molecule has 2 aromatic rings. The van der Waals surface area contributed by atoms with E-state index in [1.807, 2.05) is 6.20 Å². The van der Waals surface area contributed by atoms with Crippen molar-refractivity contribution >= 4 is 41.3 Å². The standard InChI is InChI=1S/C20H29N5S.HI/c1-16-12-22-19(26-16)14-24-20(21-2)23-13-17-6-8-18(9-7-17)15-25-10-4-3-5-11-25;/h6-9,12H,3-5,10-11,13-15H2,1-2H3,(H2,21,23,24);1H. The van der Waals surface area contributed by atoms with Gasteiger partial charge in [-0.05, 0) is 44.0 Å². The summed E-state index contributed by atoms with van der Waals surface area (Å²) >= 11 is 1.71. The van der Waals surface area contributed by atoms with Crippen LogP contribution >= 0.6 is 35.3 Å². The van der Waals surface area contributed by atoms with Crippen molar-refractivity contribution < 1.29 is 0 Å². The van der Waals surface area contributed by atoms with E-state index < -0.39 is 0 Å². The second-order valence-corrected chi connectivity index (χ2v) is 8.12. The predicted molar refractivity (Wildman–Crippen MR) is 125 cm³/mol.